The average Bonchev–Trinajstić information content (AvgIpc) is 2.58. The summed E-state index contributed by atoms with van der Waals surface area (Å²) in [6.07, 6.45) is 1.57. The normalized spacial score (nSPS) is 11.3. The molecule has 0 aromatic heterocycles. The molecule has 0 aliphatic rings. The highest BCUT2D eigenvalue weighted by atomic mass is 35.5. The number of benzene rings is 2. The summed E-state index contributed by atoms with van der Waals surface area (Å²) in [7, 11) is 1.26. The van der Waals surface area contributed by atoms with Gasteiger partial charge in [-0.3, -0.25) is 10.9 Å². The van der Waals surface area contributed by atoms with Gasteiger partial charge in [-0.25, -0.2) is 4.79 Å². The zero-order chi connectivity index (χ0) is 16.5. The van der Waals surface area contributed by atoms with E-state index in [9.17, 15) is 4.79 Å². The number of hydrogen-bond donors (Lipinski definition) is 2. The minimum Gasteiger partial charge on any atom is -0.463 e. The lowest BCUT2D eigenvalue weighted by Crippen LogP contribution is -2.29. The third kappa shape index (κ3) is 5.44. The number of ether oxygens (including phenoxy) is 1. The van der Waals surface area contributed by atoms with Crippen LogP contribution in [0.1, 0.15) is 5.56 Å². The lowest BCUT2D eigenvalue weighted by molar-refractivity contribution is -0.133. The number of methoxy groups -OCH3 is 1. The molecule has 0 radical (unpaired) electrons. The van der Waals surface area contributed by atoms with Crippen LogP contribution in [0.15, 0.2) is 64.8 Å². The largest absolute Gasteiger partial charge is 0.463 e. The molecule has 0 bridgehead atoms. The Balaban J connectivity index is 2.06. The average molecular weight is 331 g/mol. The van der Waals surface area contributed by atoms with Crippen LogP contribution in [0.2, 0.25) is 5.02 Å². The number of nitrogens with one attached hydrogen (secondary N) is 2. The van der Waals surface area contributed by atoms with E-state index in [-0.39, 0.29) is 5.84 Å². The van der Waals surface area contributed by atoms with Crippen LogP contribution in [0, 0.1) is 0 Å². The third-order valence-corrected chi connectivity index (χ3v) is 2.92. The summed E-state index contributed by atoms with van der Waals surface area (Å²) in [6.45, 7) is 0. The van der Waals surface area contributed by atoms with Crippen molar-refractivity contribution in [1.82, 2.24) is 5.43 Å². The van der Waals surface area contributed by atoms with Crippen molar-refractivity contribution in [3.8, 4) is 0 Å². The maximum absolute atomic E-state index is 11.7. The number of halogens is 1. The first-order valence-electron chi connectivity index (χ1n) is 6.71. The van der Waals surface area contributed by atoms with Crippen molar-refractivity contribution in [3.63, 3.8) is 0 Å². The smallest absolute Gasteiger partial charge is 0.377 e. The van der Waals surface area contributed by atoms with Crippen LogP contribution in [0.5, 0.6) is 0 Å². The standard InChI is InChI=1S/C16H15ClN4O2/c1-23-16(22)15(20-18-11-12-6-3-2-4-7-12)21-19-14-9-5-8-13(17)10-14/h2-11,19H,1H3,(H,20,21). The lowest BCUT2D eigenvalue weighted by atomic mass is 10.2. The first-order chi connectivity index (χ1) is 11.2. The van der Waals surface area contributed by atoms with Gasteiger partial charge in [-0.15, -0.1) is 5.10 Å². The molecule has 0 amide bonds. The topological polar surface area (TPSA) is 75.1 Å². The molecule has 0 unspecified atom stereocenters. The van der Waals surface area contributed by atoms with Crippen molar-refractivity contribution in [1.29, 1.82) is 0 Å². The van der Waals surface area contributed by atoms with Crippen LogP contribution in [-0.2, 0) is 9.53 Å². The second kappa shape index (κ2) is 8.55. The molecule has 0 heterocycles. The number of carbonyl (C=O) groups is 1. The lowest BCUT2D eigenvalue weighted by Gasteiger charge is -2.05. The van der Waals surface area contributed by atoms with Gasteiger partial charge in [0.1, 0.15) is 0 Å². The fourth-order valence-corrected chi connectivity index (χ4v) is 1.79. The summed E-state index contributed by atoms with van der Waals surface area (Å²) in [6, 6.07) is 16.4. The molecule has 0 spiro atoms. The predicted octanol–water partition coefficient (Wildman–Crippen LogP) is 2.86. The number of anilines is 1. The van der Waals surface area contributed by atoms with Crippen molar-refractivity contribution in [2.24, 2.45) is 10.2 Å². The molecule has 23 heavy (non-hydrogen) atoms. The van der Waals surface area contributed by atoms with Crippen molar-refractivity contribution >= 4 is 35.3 Å². The Bertz CT molecular complexity index is 717. The molecule has 7 heteroatoms. The van der Waals surface area contributed by atoms with E-state index in [1.807, 2.05) is 30.3 Å². The number of nitrogens with zero attached hydrogens (tertiary/aromatic N) is 2. The van der Waals surface area contributed by atoms with Gasteiger partial charge < -0.3 is 4.74 Å². The van der Waals surface area contributed by atoms with Gasteiger partial charge in [-0.05, 0) is 23.8 Å². The quantitative estimate of drug-likeness (QED) is 0.391. The molecule has 2 rings (SSSR count). The molecule has 0 aliphatic carbocycles. The van der Waals surface area contributed by atoms with Crippen molar-refractivity contribution in [2.45, 2.75) is 0 Å². The molecule has 0 saturated heterocycles. The number of hydrogen-bond acceptors (Lipinski definition) is 5. The first-order valence-corrected chi connectivity index (χ1v) is 7.08. The molecular weight excluding hydrogens is 316 g/mol. The minimum atomic E-state index is -0.648. The Labute approximate surface area is 138 Å². The second-order valence-corrected chi connectivity index (χ2v) is 4.79. The van der Waals surface area contributed by atoms with Gasteiger partial charge in [-0.1, -0.05) is 48.0 Å². The molecule has 6 nitrogen and oxygen atoms in total. The van der Waals surface area contributed by atoms with Gasteiger partial charge in [0, 0.05) is 5.02 Å². The van der Waals surface area contributed by atoms with Crippen molar-refractivity contribution < 1.29 is 9.53 Å². The first kappa shape index (κ1) is 16.5. The van der Waals surface area contributed by atoms with Gasteiger partial charge in [-0.2, -0.15) is 5.10 Å². The van der Waals surface area contributed by atoms with E-state index in [0.29, 0.717) is 10.7 Å². The molecule has 118 valence electrons. The van der Waals surface area contributed by atoms with E-state index < -0.39 is 5.97 Å². The SMILES string of the molecule is COC(=O)C(=NNc1cccc(Cl)c1)NN=Cc1ccccc1. The summed E-state index contributed by atoms with van der Waals surface area (Å²) >= 11 is 5.88. The molecule has 2 aromatic rings. The highest BCUT2D eigenvalue weighted by Crippen LogP contribution is 2.14. The van der Waals surface area contributed by atoms with Gasteiger partial charge >= 0.3 is 5.97 Å². The molecule has 0 saturated carbocycles. The van der Waals surface area contributed by atoms with Gasteiger partial charge in [0.25, 0.3) is 5.84 Å². The highest BCUT2D eigenvalue weighted by Gasteiger charge is 2.10. The fraction of sp³-hybridized carbons (Fsp3) is 0.0625. The van der Waals surface area contributed by atoms with Crippen LogP contribution in [0.25, 0.3) is 0 Å². The van der Waals surface area contributed by atoms with E-state index >= 15 is 0 Å². The van der Waals surface area contributed by atoms with Crippen LogP contribution in [-0.4, -0.2) is 25.1 Å². The van der Waals surface area contributed by atoms with Crippen LogP contribution < -0.4 is 10.9 Å². The monoisotopic (exact) mass is 330 g/mol. The predicted molar refractivity (Wildman–Crippen MR) is 91.7 cm³/mol. The summed E-state index contributed by atoms with van der Waals surface area (Å²) < 4.78 is 4.66. The van der Waals surface area contributed by atoms with Gasteiger partial charge in [0.05, 0.1) is 19.0 Å². The van der Waals surface area contributed by atoms with E-state index in [1.165, 1.54) is 7.11 Å². The maximum atomic E-state index is 11.7. The molecular formula is C16H15ClN4O2. The number of rotatable bonds is 4. The Morgan fingerprint density at radius 2 is 1.96 bits per heavy atom. The summed E-state index contributed by atoms with van der Waals surface area (Å²) in [4.78, 5) is 11.7. The van der Waals surface area contributed by atoms with Crippen molar-refractivity contribution in [2.75, 3.05) is 12.5 Å². The Kier molecular flexibility index (Phi) is 6.14. The van der Waals surface area contributed by atoms with Gasteiger partial charge in [0.15, 0.2) is 0 Å². The second-order valence-electron chi connectivity index (χ2n) is 4.35. The molecule has 0 fully saturated rings. The number of esters is 1. The number of carbonyl (C=O) groups excluding carboxylic acids is 1. The Morgan fingerprint density at radius 1 is 1.17 bits per heavy atom. The fourth-order valence-electron chi connectivity index (χ4n) is 1.60. The zero-order valence-corrected chi connectivity index (χ0v) is 13.1. The zero-order valence-electron chi connectivity index (χ0n) is 12.4. The maximum Gasteiger partial charge on any atom is 0.377 e. The van der Waals surface area contributed by atoms with E-state index in [2.05, 4.69) is 25.8 Å². The number of hydrazone groups is 2. The minimum absolute atomic E-state index is 0.0837. The summed E-state index contributed by atoms with van der Waals surface area (Å²) in [5.41, 5.74) is 6.78. The molecule has 2 N–H and O–H groups in total. The highest BCUT2D eigenvalue weighted by molar-refractivity contribution is 6.35. The Morgan fingerprint density at radius 3 is 2.65 bits per heavy atom. The third-order valence-electron chi connectivity index (χ3n) is 2.68. The van der Waals surface area contributed by atoms with Crippen LogP contribution >= 0.6 is 11.6 Å². The van der Waals surface area contributed by atoms with Crippen LogP contribution in [0.3, 0.4) is 0 Å². The number of amidine groups is 1. The Hall–Kier alpha value is -2.86. The van der Waals surface area contributed by atoms with E-state index in [0.717, 1.165) is 5.56 Å². The molecule has 0 aliphatic heterocycles. The van der Waals surface area contributed by atoms with E-state index in [4.69, 9.17) is 11.6 Å². The van der Waals surface area contributed by atoms with E-state index in [1.54, 1.807) is 30.5 Å². The molecule has 0 atom stereocenters. The van der Waals surface area contributed by atoms with Crippen LogP contribution in [0.4, 0.5) is 5.69 Å². The van der Waals surface area contributed by atoms with Gasteiger partial charge in [0.2, 0.25) is 0 Å². The summed E-state index contributed by atoms with van der Waals surface area (Å²) in [5.74, 6) is -0.732. The van der Waals surface area contributed by atoms with Crippen molar-refractivity contribution in [3.05, 3.63) is 65.2 Å². The molecule has 2 aromatic carbocycles. The summed E-state index contributed by atoms with van der Waals surface area (Å²) in [5, 5.41) is 8.47.